The number of hydrazone groups is 1. The SMILES string of the molecule is CC/C(C)=N\Nc1nc(C)nc2sc(-c3ccccc3)cc12. The number of thiophene rings is 1. The van der Waals surface area contributed by atoms with Crippen LogP contribution >= 0.6 is 11.3 Å². The fourth-order valence-electron chi connectivity index (χ4n) is 2.09. The van der Waals surface area contributed by atoms with Gasteiger partial charge in [-0.15, -0.1) is 11.3 Å². The number of rotatable bonds is 4. The molecule has 0 spiro atoms. The topological polar surface area (TPSA) is 50.2 Å². The van der Waals surface area contributed by atoms with Crippen molar-refractivity contribution in [3.05, 3.63) is 42.2 Å². The molecule has 5 heteroatoms. The highest BCUT2D eigenvalue weighted by molar-refractivity contribution is 7.21. The smallest absolute Gasteiger partial charge is 0.158 e. The van der Waals surface area contributed by atoms with Gasteiger partial charge in [0, 0.05) is 10.6 Å². The zero-order chi connectivity index (χ0) is 15.5. The lowest BCUT2D eigenvalue weighted by atomic mass is 10.2. The third-order valence-corrected chi connectivity index (χ3v) is 4.51. The molecule has 3 rings (SSSR count). The summed E-state index contributed by atoms with van der Waals surface area (Å²) >= 11 is 1.68. The van der Waals surface area contributed by atoms with Crippen LogP contribution in [-0.4, -0.2) is 15.7 Å². The minimum absolute atomic E-state index is 0.751. The van der Waals surface area contributed by atoms with E-state index in [9.17, 15) is 0 Å². The first-order valence-corrected chi connectivity index (χ1v) is 8.12. The van der Waals surface area contributed by atoms with Gasteiger partial charge in [-0.2, -0.15) is 5.10 Å². The zero-order valence-corrected chi connectivity index (χ0v) is 13.7. The summed E-state index contributed by atoms with van der Waals surface area (Å²) in [6.45, 7) is 5.99. The van der Waals surface area contributed by atoms with Crippen LogP contribution in [0.5, 0.6) is 0 Å². The molecule has 0 atom stereocenters. The van der Waals surface area contributed by atoms with Crippen LogP contribution in [0.3, 0.4) is 0 Å². The van der Waals surface area contributed by atoms with Crippen LogP contribution in [0.1, 0.15) is 26.1 Å². The Hall–Kier alpha value is -2.27. The highest BCUT2D eigenvalue weighted by atomic mass is 32.1. The van der Waals surface area contributed by atoms with Crippen molar-refractivity contribution in [3.63, 3.8) is 0 Å². The number of hydrogen-bond donors (Lipinski definition) is 1. The van der Waals surface area contributed by atoms with E-state index in [1.54, 1.807) is 11.3 Å². The summed E-state index contributed by atoms with van der Waals surface area (Å²) < 4.78 is 0. The predicted octanol–water partition coefficient (Wildman–Crippen LogP) is 4.86. The Bertz CT molecular complexity index is 821. The first-order chi connectivity index (χ1) is 10.7. The first kappa shape index (κ1) is 14.7. The second-order valence-electron chi connectivity index (χ2n) is 5.13. The molecule has 0 aliphatic rings. The second-order valence-corrected chi connectivity index (χ2v) is 6.16. The molecular formula is C17H18N4S. The number of hydrogen-bond acceptors (Lipinski definition) is 5. The van der Waals surface area contributed by atoms with E-state index < -0.39 is 0 Å². The molecule has 0 aliphatic carbocycles. The molecule has 0 unspecified atom stereocenters. The molecule has 0 amide bonds. The number of nitrogens with zero attached hydrogens (tertiary/aromatic N) is 3. The Morgan fingerprint density at radius 3 is 2.73 bits per heavy atom. The normalized spacial score (nSPS) is 11.9. The Kier molecular flexibility index (Phi) is 4.15. The number of aromatic nitrogens is 2. The van der Waals surface area contributed by atoms with Crippen LogP contribution in [0, 0.1) is 6.92 Å². The van der Waals surface area contributed by atoms with Crippen molar-refractivity contribution in [2.45, 2.75) is 27.2 Å². The van der Waals surface area contributed by atoms with Crippen molar-refractivity contribution < 1.29 is 0 Å². The number of aryl methyl sites for hydroxylation is 1. The molecule has 0 fully saturated rings. The van der Waals surface area contributed by atoms with Gasteiger partial charge in [-0.3, -0.25) is 5.43 Å². The lowest BCUT2D eigenvalue weighted by molar-refractivity contribution is 1.08. The Labute approximate surface area is 133 Å². The highest BCUT2D eigenvalue weighted by Crippen LogP contribution is 2.35. The van der Waals surface area contributed by atoms with Crippen LogP contribution in [0.15, 0.2) is 41.5 Å². The molecule has 0 radical (unpaired) electrons. The van der Waals surface area contributed by atoms with E-state index in [1.807, 2.05) is 32.0 Å². The van der Waals surface area contributed by atoms with E-state index in [4.69, 9.17) is 0 Å². The largest absolute Gasteiger partial charge is 0.261 e. The van der Waals surface area contributed by atoms with E-state index in [1.165, 1.54) is 10.4 Å². The van der Waals surface area contributed by atoms with Crippen LogP contribution < -0.4 is 5.43 Å². The first-order valence-electron chi connectivity index (χ1n) is 7.30. The highest BCUT2D eigenvalue weighted by Gasteiger charge is 2.11. The van der Waals surface area contributed by atoms with Crippen LogP contribution in [0.25, 0.3) is 20.7 Å². The summed E-state index contributed by atoms with van der Waals surface area (Å²) in [5.41, 5.74) is 5.33. The van der Waals surface area contributed by atoms with Crippen molar-refractivity contribution >= 4 is 33.1 Å². The molecule has 0 aliphatic heterocycles. The van der Waals surface area contributed by atoms with Gasteiger partial charge in [0.25, 0.3) is 0 Å². The maximum Gasteiger partial charge on any atom is 0.158 e. The minimum atomic E-state index is 0.751. The van der Waals surface area contributed by atoms with Crippen molar-refractivity contribution in [2.75, 3.05) is 5.43 Å². The molecule has 0 bridgehead atoms. The van der Waals surface area contributed by atoms with Gasteiger partial charge in [0.05, 0.1) is 5.39 Å². The van der Waals surface area contributed by atoms with E-state index in [0.717, 1.165) is 34.0 Å². The third-order valence-electron chi connectivity index (χ3n) is 3.43. The molecule has 0 saturated carbocycles. The van der Waals surface area contributed by atoms with Crippen LogP contribution in [-0.2, 0) is 0 Å². The summed E-state index contributed by atoms with van der Waals surface area (Å²) in [6, 6.07) is 12.5. The monoisotopic (exact) mass is 310 g/mol. The van der Waals surface area contributed by atoms with E-state index in [-0.39, 0.29) is 0 Å². The van der Waals surface area contributed by atoms with Crippen molar-refractivity contribution in [1.82, 2.24) is 9.97 Å². The molecule has 1 aromatic carbocycles. The molecule has 22 heavy (non-hydrogen) atoms. The summed E-state index contributed by atoms with van der Waals surface area (Å²) in [5.74, 6) is 1.52. The van der Waals surface area contributed by atoms with E-state index in [2.05, 4.69) is 45.6 Å². The predicted molar refractivity (Wildman–Crippen MR) is 94.6 cm³/mol. The van der Waals surface area contributed by atoms with Crippen molar-refractivity contribution in [2.24, 2.45) is 5.10 Å². The lowest BCUT2D eigenvalue weighted by Gasteiger charge is -2.03. The molecule has 2 aromatic heterocycles. The average Bonchev–Trinajstić information content (AvgIpc) is 2.97. The molecule has 112 valence electrons. The van der Waals surface area contributed by atoms with Gasteiger partial charge in [0.1, 0.15) is 10.7 Å². The van der Waals surface area contributed by atoms with E-state index in [0.29, 0.717) is 0 Å². The lowest BCUT2D eigenvalue weighted by Crippen LogP contribution is -2.00. The molecule has 2 heterocycles. The Morgan fingerprint density at radius 2 is 2.00 bits per heavy atom. The quantitative estimate of drug-likeness (QED) is 0.553. The summed E-state index contributed by atoms with van der Waals surface area (Å²) in [6.07, 6.45) is 0.916. The van der Waals surface area contributed by atoms with E-state index >= 15 is 0 Å². The standard InChI is InChI=1S/C17H18N4S/c1-4-11(2)20-21-16-14-10-15(13-8-6-5-7-9-13)22-17(14)19-12(3)18-16/h5-10H,4H2,1-3H3,(H,18,19,21)/b20-11-. The maximum absolute atomic E-state index is 4.55. The molecule has 4 nitrogen and oxygen atoms in total. The van der Waals surface area contributed by atoms with Gasteiger partial charge in [-0.05, 0) is 31.9 Å². The van der Waals surface area contributed by atoms with Gasteiger partial charge in [-0.25, -0.2) is 9.97 Å². The summed E-state index contributed by atoms with van der Waals surface area (Å²) in [4.78, 5) is 11.2. The van der Waals surface area contributed by atoms with Crippen LogP contribution in [0.4, 0.5) is 5.82 Å². The summed E-state index contributed by atoms with van der Waals surface area (Å²) in [7, 11) is 0. The van der Waals surface area contributed by atoms with Crippen molar-refractivity contribution in [1.29, 1.82) is 0 Å². The van der Waals surface area contributed by atoms with Gasteiger partial charge < -0.3 is 0 Å². The number of benzene rings is 1. The minimum Gasteiger partial charge on any atom is -0.261 e. The fourth-order valence-corrected chi connectivity index (χ4v) is 3.17. The Balaban J connectivity index is 2.07. The van der Waals surface area contributed by atoms with Gasteiger partial charge in [-0.1, -0.05) is 37.3 Å². The average molecular weight is 310 g/mol. The van der Waals surface area contributed by atoms with Crippen molar-refractivity contribution in [3.8, 4) is 10.4 Å². The second kappa shape index (κ2) is 6.23. The molecular weight excluding hydrogens is 292 g/mol. The molecule has 0 saturated heterocycles. The maximum atomic E-state index is 4.55. The third kappa shape index (κ3) is 2.99. The van der Waals surface area contributed by atoms with Gasteiger partial charge >= 0.3 is 0 Å². The number of fused-ring (bicyclic) bond motifs is 1. The van der Waals surface area contributed by atoms with Crippen LogP contribution in [0.2, 0.25) is 0 Å². The summed E-state index contributed by atoms with van der Waals surface area (Å²) in [5, 5.41) is 5.38. The molecule has 1 N–H and O–H groups in total. The molecule has 3 aromatic rings. The zero-order valence-electron chi connectivity index (χ0n) is 12.9. The Morgan fingerprint density at radius 1 is 1.23 bits per heavy atom. The number of nitrogens with one attached hydrogen (secondary N) is 1. The van der Waals surface area contributed by atoms with Gasteiger partial charge in [0.2, 0.25) is 0 Å². The van der Waals surface area contributed by atoms with Gasteiger partial charge in [0.15, 0.2) is 5.82 Å². The number of anilines is 1. The fraction of sp³-hybridized carbons (Fsp3) is 0.235.